The lowest BCUT2D eigenvalue weighted by Gasteiger charge is -2.03. The molecule has 2 N–H and O–H groups in total. The Bertz CT molecular complexity index is 250. The topological polar surface area (TPSA) is 35.2 Å². The molecule has 2 nitrogen and oxygen atoms in total. The van der Waals surface area contributed by atoms with Gasteiger partial charge in [0.2, 0.25) is 0 Å². The van der Waals surface area contributed by atoms with Crippen molar-refractivity contribution in [2.75, 3.05) is 0 Å². The molecular formula is C8H10ClNO. The lowest BCUT2D eigenvalue weighted by Crippen LogP contribution is -2.00. The fourth-order valence-electron chi connectivity index (χ4n) is 0.885. The van der Waals surface area contributed by atoms with Crippen LogP contribution in [0.1, 0.15) is 11.1 Å². The Hall–Kier alpha value is -0.570. The molecule has 3 heteroatoms. The monoisotopic (exact) mass is 171 g/mol. The van der Waals surface area contributed by atoms with Crippen molar-refractivity contribution in [3.63, 3.8) is 0 Å². The average molecular weight is 172 g/mol. The summed E-state index contributed by atoms with van der Waals surface area (Å²) in [5.74, 6) is 4.94. The molecule has 1 aromatic carbocycles. The van der Waals surface area contributed by atoms with Crippen LogP contribution in [0.5, 0.6) is 0 Å². The van der Waals surface area contributed by atoms with E-state index in [9.17, 15) is 0 Å². The first kappa shape index (κ1) is 8.53. The predicted octanol–water partition coefficient (Wildman–Crippen LogP) is 2.04. The number of aryl methyl sites for hydroxylation is 1. The summed E-state index contributed by atoms with van der Waals surface area (Å²) in [5.41, 5.74) is 2.17. The number of halogens is 1. The van der Waals surface area contributed by atoms with Gasteiger partial charge < -0.3 is 0 Å². The third-order valence-corrected chi connectivity index (χ3v) is 1.79. The minimum Gasteiger partial charge on any atom is -0.300 e. The molecule has 1 rings (SSSR count). The van der Waals surface area contributed by atoms with Gasteiger partial charge >= 0.3 is 0 Å². The van der Waals surface area contributed by atoms with Gasteiger partial charge in [-0.05, 0) is 30.2 Å². The number of nitrogens with two attached hydrogens (primary N) is 1. The van der Waals surface area contributed by atoms with Crippen LogP contribution in [0.2, 0.25) is 5.02 Å². The second-order valence-electron chi connectivity index (χ2n) is 2.38. The van der Waals surface area contributed by atoms with E-state index in [0.29, 0.717) is 11.6 Å². The van der Waals surface area contributed by atoms with Crippen LogP contribution < -0.4 is 5.90 Å². The summed E-state index contributed by atoms with van der Waals surface area (Å²) in [6, 6.07) is 5.64. The van der Waals surface area contributed by atoms with E-state index >= 15 is 0 Å². The third kappa shape index (κ3) is 2.19. The zero-order chi connectivity index (χ0) is 8.27. The highest BCUT2D eigenvalue weighted by Gasteiger charge is 1.97. The Morgan fingerprint density at radius 3 is 2.91 bits per heavy atom. The summed E-state index contributed by atoms with van der Waals surface area (Å²) in [4.78, 5) is 4.51. The van der Waals surface area contributed by atoms with E-state index in [-0.39, 0.29) is 0 Å². The van der Waals surface area contributed by atoms with Crippen molar-refractivity contribution in [2.45, 2.75) is 13.5 Å². The number of hydrogen-bond donors (Lipinski definition) is 1. The van der Waals surface area contributed by atoms with Gasteiger partial charge in [-0.25, -0.2) is 5.90 Å². The maximum atomic E-state index is 5.76. The van der Waals surface area contributed by atoms with Gasteiger partial charge in [0.25, 0.3) is 0 Å². The minimum absolute atomic E-state index is 0.409. The second-order valence-corrected chi connectivity index (χ2v) is 2.82. The van der Waals surface area contributed by atoms with E-state index in [2.05, 4.69) is 4.84 Å². The highest BCUT2D eigenvalue weighted by Crippen LogP contribution is 2.15. The molecule has 11 heavy (non-hydrogen) atoms. The van der Waals surface area contributed by atoms with E-state index in [1.165, 1.54) is 0 Å². The summed E-state index contributed by atoms with van der Waals surface area (Å²) < 4.78 is 0. The van der Waals surface area contributed by atoms with E-state index in [1.54, 1.807) is 0 Å². The van der Waals surface area contributed by atoms with Gasteiger partial charge in [-0.2, -0.15) is 0 Å². The largest absolute Gasteiger partial charge is 0.300 e. The minimum atomic E-state index is 0.409. The van der Waals surface area contributed by atoms with Crippen molar-refractivity contribution in [3.8, 4) is 0 Å². The maximum Gasteiger partial charge on any atom is 0.0933 e. The van der Waals surface area contributed by atoms with E-state index in [0.717, 1.165) is 11.1 Å². The standard InChI is InChI=1S/C8H10ClNO/c1-6-2-3-8(9)4-7(6)5-11-10/h2-4H,5,10H2,1H3. The molecule has 60 valence electrons. The van der Waals surface area contributed by atoms with E-state index in [4.69, 9.17) is 17.5 Å². The van der Waals surface area contributed by atoms with Gasteiger partial charge in [0.05, 0.1) is 6.61 Å². The highest BCUT2D eigenvalue weighted by atomic mass is 35.5. The lowest BCUT2D eigenvalue weighted by molar-refractivity contribution is 0.123. The van der Waals surface area contributed by atoms with Gasteiger partial charge in [-0.15, -0.1) is 0 Å². The third-order valence-electron chi connectivity index (χ3n) is 1.55. The van der Waals surface area contributed by atoms with Crippen LogP contribution >= 0.6 is 11.6 Å². The molecule has 0 aliphatic rings. The molecule has 0 aliphatic carbocycles. The van der Waals surface area contributed by atoms with Crippen molar-refractivity contribution < 1.29 is 4.84 Å². The van der Waals surface area contributed by atoms with E-state index < -0.39 is 0 Å². The molecule has 0 heterocycles. The predicted molar refractivity (Wildman–Crippen MR) is 45.2 cm³/mol. The van der Waals surface area contributed by atoms with Crippen molar-refractivity contribution in [1.82, 2.24) is 0 Å². The molecule has 1 aromatic rings. The normalized spacial score (nSPS) is 10.1. The Morgan fingerprint density at radius 1 is 1.55 bits per heavy atom. The quantitative estimate of drug-likeness (QED) is 0.692. The molecule has 0 aromatic heterocycles. The van der Waals surface area contributed by atoms with Crippen molar-refractivity contribution in [1.29, 1.82) is 0 Å². The molecule has 0 spiro atoms. The Kier molecular flexibility index (Phi) is 2.88. The molecule has 0 atom stereocenters. The Labute approximate surface area is 70.9 Å². The first-order valence-corrected chi connectivity index (χ1v) is 3.68. The van der Waals surface area contributed by atoms with Crippen molar-refractivity contribution >= 4 is 11.6 Å². The summed E-state index contributed by atoms with van der Waals surface area (Å²) in [6.07, 6.45) is 0. The first-order valence-electron chi connectivity index (χ1n) is 3.30. The Balaban J connectivity index is 2.93. The van der Waals surface area contributed by atoms with Gasteiger partial charge in [-0.1, -0.05) is 17.7 Å². The summed E-state index contributed by atoms with van der Waals surface area (Å²) >= 11 is 5.76. The van der Waals surface area contributed by atoms with Gasteiger partial charge in [0, 0.05) is 5.02 Å². The Morgan fingerprint density at radius 2 is 2.27 bits per heavy atom. The molecular weight excluding hydrogens is 162 g/mol. The fraction of sp³-hybridized carbons (Fsp3) is 0.250. The van der Waals surface area contributed by atoms with Crippen LogP contribution in [0, 0.1) is 6.92 Å². The van der Waals surface area contributed by atoms with Crippen LogP contribution in [0.25, 0.3) is 0 Å². The van der Waals surface area contributed by atoms with Crippen LogP contribution in [-0.2, 0) is 11.4 Å². The van der Waals surface area contributed by atoms with Gasteiger partial charge in [-0.3, -0.25) is 4.84 Å². The average Bonchev–Trinajstić information content (AvgIpc) is 1.98. The summed E-state index contributed by atoms with van der Waals surface area (Å²) in [6.45, 7) is 2.40. The molecule has 0 amide bonds. The van der Waals surface area contributed by atoms with Gasteiger partial charge in [0.15, 0.2) is 0 Å². The van der Waals surface area contributed by atoms with Crippen LogP contribution in [0.3, 0.4) is 0 Å². The zero-order valence-corrected chi connectivity index (χ0v) is 7.06. The summed E-state index contributed by atoms with van der Waals surface area (Å²) in [5, 5.41) is 0.711. The van der Waals surface area contributed by atoms with Crippen LogP contribution in [-0.4, -0.2) is 0 Å². The lowest BCUT2D eigenvalue weighted by atomic mass is 10.1. The molecule has 0 aliphatic heterocycles. The van der Waals surface area contributed by atoms with Crippen molar-refractivity contribution in [2.24, 2.45) is 5.90 Å². The number of benzene rings is 1. The maximum absolute atomic E-state index is 5.76. The molecule has 0 saturated heterocycles. The van der Waals surface area contributed by atoms with E-state index in [1.807, 2.05) is 25.1 Å². The smallest absolute Gasteiger partial charge is 0.0933 e. The van der Waals surface area contributed by atoms with Crippen LogP contribution in [0.4, 0.5) is 0 Å². The summed E-state index contributed by atoms with van der Waals surface area (Å²) in [7, 11) is 0. The number of rotatable bonds is 2. The zero-order valence-electron chi connectivity index (χ0n) is 6.30. The molecule has 0 saturated carbocycles. The fourth-order valence-corrected chi connectivity index (χ4v) is 1.08. The SMILES string of the molecule is Cc1ccc(Cl)cc1CON. The molecule has 0 unspecified atom stereocenters. The molecule has 0 radical (unpaired) electrons. The van der Waals surface area contributed by atoms with Gasteiger partial charge in [0.1, 0.15) is 0 Å². The highest BCUT2D eigenvalue weighted by molar-refractivity contribution is 6.30. The van der Waals surface area contributed by atoms with Crippen LogP contribution in [0.15, 0.2) is 18.2 Å². The van der Waals surface area contributed by atoms with Crippen molar-refractivity contribution in [3.05, 3.63) is 34.3 Å². The second kappa shape index (κ2) is 3.72. The number of hydrogen-bond acceptors (Lipinski definition) is 2. The first-order chi connectivity index (χ1) is 5.24. The molecule has 0 bridgehead atoms. The molecule has 0 fully saturated rings.